The number of nitrogens with one attached hydrogen (secondary N) is 1. The van der Waals surface area contributed by atoms with Crippen LogP contribution in [0.4, 0.5) is 0 Å². The van der Waals surface area contributed by atoms with Crippen molar-refractivity contribution in [2.45, 2.75) is 39.0 Å². The summed E-state index contributed by atoms with van der Waals surface area (Å²) in [5, 5.41) is 3.16. The number of morpholine rings is 1. The Kier molecular flexibility index (Phi) is 5.62. The van der Waals surface area contributed by atoms with Crippen molar-refractivity contribution in [3.63, 3.8) is 0 Å². The molecule has 1 heterocycles. The molecule has 1 aliphatic heterocycles. The molecule has 0 spiro atoms. The zero-order valence-corrected chi connectivity index (χ0v) is 13.7. The van der Waals surface area contributed by atoms with Gasteiger partial charge in [0, 0.05) is 26.2 Å². The lowest BCUT2D eigenvalue weighted by molar-refractivity contribution is -0.129. The molecule has 1 unspecified atom stereocenters. The highest BCUT2D eigenvalue weighted by Crippen LogP contribution is 2.20. The van der Waals surface area contributed by atoms with E-state index in [0.29, 0.717) is 6.61 Å². The van der Waals surface area contributed by atoms with Crippen molar-refractivity contribution in [2.24, 2.45) is 0 Å². The van der Waals surface area contributed by atoms with E-state index in [1.807, 2.05) is 19.2 Å². The van der Waals surface area contributed by atoms with Crippen LogP contribution in [0.15, 0.2) is 24.3 Å². The quantitative estimate of drug-likeness (QED) is 0.872. The molecule has 21 heavy (non-hydrogen) atoms. The summed E-state index contributed by atoms with van der Waals surface area (Å²) in [6.07, 6.45) is 0.285. The number of hydrogen-bond donors (Lipinski definition) is 1. The van der Waals surface area contributed by atoms with Crippen LogP contribution < -0.4 is 10.1 Å². The molecule has 118 valence electrons. The second kappa shape index (κ2) is 7.25. The lowest BCUT2D eigenvalue weighted by atomic mass is 10.1. The minimum absolute atomic E-state index is 0.0651. The van der Waals surface area contributed by atoms with Crippen LogP contribution in [0.5, 0.6) is 5.75 Å². The minimum Gasteiger partial charge on any atom is -0.492 e. The molecule has 4 nitrogen and oxygen atoms in total. The smallest absolute Gasteiger partial charge is 0.119 e. The third kappa shape index (κ3) is 5.30. The van der Waals surface area contributed by atoms with E-state index in [4.69, 9.17) is 9.47 Å². The molecule has 2 rings (SSSR count). The Balaban J connectivity index is 1.80. The van der Waals surface area contributed by atoms with Crippen molar-refractivity contribution in [1.82, 2.24) is 10.2 Å². The zero-order chi connectivity index (χ0) is 15.3. The van der Waals surface area contributed by atoms with Crippen LogP contribution in [0.1, 0.15) is 26.3 Å². The number of nitrogens with zero attached hydrogens (tertiary/aromatic N) is 1. The van der Waals surface area contributed by atoms with Gasteiger partial charge in [-0.1, -0.05) is 12.1 Å². The Morgan fingerprint density at radius 3 is 2.95 bits per heavy atom. The fourth-order valence-corrected chi connectivity index (χ4v) is 3.00. The van der Waals surface area contributed by atoms with Gasteiger partial charge in [0.05, 0.1) is 11.7 Å². The van der Waals surface area contributed by atoms with E-state index < -0.39 is 0 Å². The lowest BCUT2D eigenvalue weighted by Gasteiger charge is -2.41. The molecule has 1 atom stereocenters. The number of ether oxygens (including phenoxy) is 2. The Morgan fingerprint density at radius 1 is 1.43 bits per heavy atom. The SMILES string of the molecule is CNCc1cccc(OCCN2CC(C)OC(C)(C)C2)c1. The molecule has 0 radical (unpaired) electrons. The summed E-state index contributed by atoms with van der Waals surface area (Å²) in [5.41, 5.74) is 1.18. The minimum atomic E-state index is -0.0651. The van der Waals surface area contributed by atoms with Crippen molar-refractivity contribution in [2.75, 3.05) is 33.3 Å². The molecule has 1 N–H and O–H groups in total. The Labute approximate surface area is 128 Å². The average Bonchev–Trinajstić information content (AvgIpc) is 2.37. The van der Waals surface area contributed by atoms with E-state index in [9.17, 15) is 0 Å². The van der Waals surface area contributed by atoms with Crippen molar-refractivity contribution in [3.8, 4) is 5.75 Å². The van der Waals surface area contributed by atoms with Gasteiger partial charge < -0.3 is 14.8 Å². The highest BCUT2D eigenvalue weighted by atomic mass is 16.5. The topological polar surface area (TPSA) is 33.7 Å². The molecule has 0 amide bonds. The van der Waals surface area contributed by atoms with Gasteiger partial charge in [-0.3, -0.25) is 4.90 Å². The van der Waals surface area contributed by atoms with Gasteiger partial charge in [0.1, 0.15) is 12.4 Å². The third-order valence-corrected chi connectivity index (χ3v) is 3.60. The van der Waals surface area contributed by atoms with Crippen molar-refractivity contribution in [3.05, 3.63) is 29.8 Å². The monoisotopic (exact) mass is 292 g/mol. The number of hydrogen-bond acceptors (Lipinski definition) is 4. The van der Waals surface area contributed by atoms with Gasteiger partial charge in [0.2, 0.25) is 0 Å². The van der Waals surface area contributed by atoms with Gasteiger partial charge >= 0.3 is 0 Å². The van der Waals surface area contributed by atoms with Gasteiger partial charge in [0.25, 0.3) is 0 Å². The van der Waals surface area contributed by atoms with Gasteiger partial charge in [-0.25, -0.2) is 0 Å². The summed E-state index contributed by atoms with van der Waals surface area (Å²) in [6.45, 7) is 10.9. The molecule has 1 fully saturated rings. The third-order valence-electron chi connectivity index (χ3n) is 3.60. The summed E-state index contributed by atoms with van der Waals surface area (Å²) in [7, 11) is 1.95. The number of rotatable bonds is 6. The van der Waals surface area contributed by atoms with Crippen LogP contribution >= 0.6 is 0 Å². The molecule has 0 aromatic heterocycles. The van der Waals surface area contributed by atoms with Gasteiger partial charge in [-0.2, -0.15) is 0 Å². The summed E-state index contributed by atoms with van der Waals surface area (Å²) >= 11 is 0. The molecule has 0 bridgehead atoms. The Morgan fingerprint density at radius 2 is 2.24 bits per heavy atom. The van der Waals surface area contributed by atoms with E-state index in [1.165, 1.54) is 5.56 Å². The molecule has 1 aliphatic rings. The first-order valence-electron chi connectivity index (χ1n) is 7.75. The first kappa shape index (κ1) is 16.3. The van der Waals surface area contributed by atoms with E-state index in [1.54, 1.807) is 0 Å². The highest BCUT2D eigenvalue weighted by Gasteiger charge is 2.30. The molecule has 0 saturated carbocycles. The number of benzene rings is 1. The second-order valence-corrected chi connectivity index (χ2v) is 6.45. The van der Waals surface area contributed by atoms with E-state index in [0.717, 1.165) is 31.9 Å². The zero-order valence-electron chi connectivity index (χ0n) is 13.7. The maximum absolute atomic E-state index is 5.92. The summed E-state index contributed by atoms with van der Waals surface area (Å²) < 4.78 is 11.8. The maximum atomic E-state index is 5.92. The van der Waals surface area contributed by atoms with Crippen LogP contribution in [-0.4, -0.2) is 49.9 Å². The molecule has 1 saturated heterocycles. The van der Waals surface area contributed by atoms with E-state index >= 15 is 0 Å². The summed E-state index contributed by atoms with van der Waals surface area (Å²) in [6, 6.07) is 8.27. The first-order chi connectivity index (χ1) is 9.98. The predicted molar refractivity (Wildman–Crippen MR) is 85.8 cm³/mol. The normalized spacial score (nSPS) is 22.2. The van der Waals surface area contributed by atoms with Crippen molar-refractivity contribution >= 4 is 0 Å². The van der Waals surface area contributed by atoms with Crippen LogP contribution in [-0.2, 0) is 11.3 Å². The van der Waals surface area contributed by atoms with Gasteiger partial charge in [-0.15, -0.1) is 0 Å². The van der Waals surface area contributed by atoms with Crippen LogP contribution in [0.2, 0.25) is 0 Å². The van der Waals surface area contributed by atoms with Crippen molar-refractivity contribution in [1.29, 1.82) is 0 Å². The molecular weight excluding hydrogens is 264 g/mol. The van der Waals surface area contributed by atoms with Gasteiger partial charge in [0.15, 0.2) is 0 Å². The maximum Gasteiger partial charge on any atom is 0.119 e. The highest BCUT2D eigenvalue weighted by molar-refractivity contribution is 5.28. The second-order valence-electron chi connectivity index (χ2n) is 6.45. The molecule has 0 aliphatic carbocycles. The molecule has 1 aromatic carbocycles. The van der Waals surface area contributed by atoms with Crippen LogP contribution in [0.25, 0.3) is 0 Å². The van der Waals surface area contributed by atoms with Crippen molar-refractivity contribution < 1.29 is 9.47 Å². The fraction of sp³-hybridized carbons (Fsp3) is 0.647. The summed E-state index contributed by atoms with van der Waals surface area (Å²) in [4.78, 5) is 2.42. The molecular formula is C17H28N2O2. The summed E-state index contributed by atoms with van der Waals surface area (Å²) in [5.74, 6) is 0.948. The average molecular weight is 292 g/mol. The molecule has 1 aromatic rings. The van der Waals surface area contributed by atoms with E-state index in [2.05, 4.69) is 43.1 Å². The first-order valence-corrected chi connectivity index (χ1v) is 7.75. The Bertz CT molecular complexity index is 448. The molecule has 4 heteroatoms. The largest absolute Gasteiger partial charge is 0.492 e. The van der Waals surface area contributed by atoms with Gasteiger partial charge in [-0.05, 0) is 45.5 Å². The van der Waals surface area contributed by atoms with E-state index in [-0.39, 0.29) is 11.7 Å². The standard InChI is InChI=1S/C17H28N2O2/c1-14-12-19(13-17(2,3)21-14)8-9-20-16-7-5-6-15(10-16)11-18-4/h5-7,10,14,18H,8-9,11-13H2,1-4H3. The lowest BCUT2D eigenvalue weighted by Crippen LogP contribution is -2.52. The van der Waals surface area contributed by atoms with Crippen LogP contribution in [0, 0.1) is 0 Å². The van der Waals surface area contributed by atoms with Crippen LogP contribution in [0.3, 0.4) is 0 Å². The fourth-order valence-electron chi connectivity index (χ4n) is 3.00. The predicted octanol–water partition coefficient (Wildman–Crippen LogP) is 2.28. The Hall–Kier alpha value is -1.10.